The molecule has 94 valence electrons. The fraction of sp³-hybridized carbons (Fsp3) is 0.250. The van der Waals surface area contributed by atoms with Crippen LogP contribution in [-0.2, 0) is 9.59 Å². The lowest BCUT2D eigenvalue weighted by molar-refractivity contribution is -0.127. The summed E-state index contributed by atoms with van der Waals surface area (Å²) in [5, 5.41) is 2.74. The lowest BCUT2D eigenvalue weighted by Gasteiger charge is -2.14. The third-order valence-electron chi connectivity index (χ3n) is 2.48. The van der Waals surface area contributed by atoms with E-state index in [1.54, 1.807) is 0 Å². The van der Waals surface area contributed by atoms with Crippen LogP contribution < -0.4 is 5.32 Å². The van der Waals surface area contributed by atoms with E-state index in [9.17, 15) is 9.59 Å². The molecule has 0 bridgehead atoms. The normalized spacial score (nSPS) is 15.1. The highest BCUT2D eigenvalue weighted by atomic mass is 32.2. The number of amides is 2. The van der Waals surface area contributed by atoms with Crippen LogP contribution in [0.3, 0.4) is 0 Å². The minimum Gasteiger partial charge on any atom is -0.325 e. The second kappa shape index (κ2) is 5.49. The molecule has 1 fully saturated rings. The van der Waals surface area contributed by atoms with Gasteiger partial charge in [-0.2, -0.15) is 0 Å². The molecule has 0 unspecified atom stereocenters. The molecule has 0 aliphatic carbocycles. The van der Waals surface area contributed by atoms with Crippen molar-refractivity contribution in [2.24, 2.45) is 0 Å². The zero-order chi connectivity index (χ0) is 13.1. The van der Waals surface area contributed by atoms with Crippen molar-refractivity contribution in [3.63, 3.8) is 0 Å². The maximum absolute atomic E-state index is 11.8. The molecule has 0 saturated carbocycles. The van der Waals surface area contributed by atoms with E-state index >= 15 is 0 Å². The number of hydrogen-bond acceptors (Lipinski definition) is 4. The van der Waals surface area contributed by atoms with Crippen molar-refractivity contribution in [1.82, 2.24) is 4.90 Å². The monoisotopic (exact) mass is 280 g/mol. The van der Waals surface area contributed by atoms with Crippen LogP contribution >= 0.6 is 24.0 Å². The molecular formula is C12H12N2O2S2. The standard InChI is InChI=1S/C12H12N2O2S2/c1-8-2-4-9(5-3-8)13-10(15)6-14-11(16)7-18-12(14)17/h2-5H,6-7H2,1H3,(H,13,15). The van der Waals surface area contributed by atoms with Gasteiger partial charge in [0, 0.05) is 5.69 Å². The molecule has 2 rings (SSSR count). The van der Waals surface area contributed by atoms with E-state index in [1.807, 2.05) is 31.2 Å². The van der Waals surface area contributed by atoms with Gasteiger partial charge in [0.25, 0.3) is 0 Å². The molecule has 1 saturated heterocycles. The van der Waals surface area contributed by atoms with Crippen LogP contribution in [0.1, 0.15) is 5.56 Å². The van der Waals surface area contributed by atoms with Gasteiger partial charge in [0.15, 0.2) is 0 Å². The molecule has 0 atom stereocenters. The van der Waals surface area contributed by atoms with Crippen molar-refractivity contribution in [1.29, 1.82) is 0 Å². The number of hydrogen-bond donors (Lipinski definition) is 1. The van der Waals surface area contributed by atoms with Crippen LogP contribution in [-0.4, -0.2) is 33.3 Å². The second-order valence-corrected chi connectivity index (χ2v) is 5.56. The predicted molar refractivity (Wildman–Crippen MR) is 76.6 cm³/mol. The molecule has 1 aromatic carbocycles. The van der Waals surface area contributed by atoms with Gasteiger partial charge in [-0.25, -0.2) is 0 Å². The van der Waals surface area contributed by atoms with Crippen molar-refractivity contribution >= 4 is 45.8 Å². The van der Waals surface area contributed by atoms with E-state index < -0.39 is 0 Å². The third-order valence-corrected chi connectivity index (χ3v) is 3.91. The summed E-state index contributed by atoms with van der Waals surface area (Å²) in [5.41, 5.74) is 1.84. The van der Waals surface area contributed by atoms with Crippen LogP contribution in [0, 0.1) is 6.92 Å². The highest BCUT2D eigenvalue weighted by Crippen LogP contribution is 2.19. The average Bonchev–Trinajstić information content (AvgIpc) is 2.64. The first-order valence-electron chi connectivity index (χ1n) is 5.40. The van der Waals surface area contributed by atoms with Crippen molar-refractivity contribution < 1.29 is 9.59 Å². The number of carbonyl (C=O) groups excluding carboxylic acids is 2. The number of rotatable bonds is 3. The number of nitrogens with zero attached hydrogens (tertiary/aromatic N) is 1. The Morgan fingerprint density at radius 2 is 2.11 bits per heavy atom. The zero-order valence-electron chi connectivity index (χ0n) is 9.80. The zero-order valence-corrected chi connectivity index (χ0v) is 11.4. The minimum atomic E-state index is -0.239. The van der Waals surface area contributed by atoms with Gasteiger partial charge in [-0.05, 0) is 19.1 Å². The summed E-state index contributed by atoms with van der Waals surface area (Å²) < 4.78 is 0.471. The SMILES string of the molecule is Cc1ccc(NC(=O)CN2C(=O)CSC2=S)cc1. The number of benzene rings is 1. The number of thiocarbonyl (C=S) groups is 1. The quantitative estimate of drug-likeness (QED) is 0.858. The Balaban J connectivity index is 1.94. The number of anilines is 1. The lowest BCUT2D eigenvalue weighted by Crippen LogP contribution is -2.36. The van der Waals surface area contributed by atoms with Crippen LogP contribution in [0.4, 0.5) is 5.69 Å². The van der Waals surface area contributed by atoms with E-state index in [2.05, 4.69) is 5.32 Å². The Morgan fingerprint density at radius 1 is 1.44 bits per heavy atom. The third kappa shape index (κ3) is 3.08. The molecular weight excluding hydrogens is 268 g/mol. The molecule has 1 N–H and O–H groups in total. The maximum Gasteiger partial charge on any atom is 0.244 e. The summed E-state index contributed by atoms with van der Waals surface area (Å²) in [6.07, 6.45) is 0. The summed E-state index contributed by atoms with van der Waals surface area (Å²) >= 11 is 6.30. The van der Waals surface area contributed by atoms with Gasteiger partial charge in [0.1, 0.15) is 10.9 Å². The summed E-state index contributed by atoms with van der Waals surface area (Å²) in [7, 11) is 0. The van der Waals surface area contributed by atoms with Gasteiger partial charge >= 0.3 is 0 Å². The molecule has 2 amide bonds. The molecule has 0 radical (unpaired) electrons. The van der Waals surface area contributed by atoms with E-state index in [4.69, 9.17) is 12.2 Å². The molecule has 18 heavy (non-hydrogen) atoms. The Bertz CT molecular complexity index is 483. The maximum atomic E-state index is 11.8. The van der Waals surface area contributed by atoms with Crippen molar-refractivity contribution in [2.45, 2.75) is 6.92 Å². The molecule has 6 heteroatoms. The van der Waals surface area contributed by atoms with Gasteiger partial charge in [-0.1, -0.05) is 41.7 Å². The molecule has 0 aromatic heterocycles. The van der Waals surface area contributed by atoms with Gasteiger partial charge < -0.3 is 5.32 Å². The topological polar surface area (TPSA) is 49.4 Å². The molecule has 4 nitrogen and oxygen atoms in total. The highest BCUT2D eigenvalue weighted by molar-refractivity contribution is 8.23. The molecule has 1 aliphatic heterocycles. The summed E-state index contributed by atoms with van der Waals surface area (Å²) in [6, 6.07) is 7.48. The van der Waals surface area contributed by atoms with Gasteiger partial charge in [-0.15, -0.1) is 0 Å². The van der Waals surface area contributed by atoms with Crippen molar-refractivity contribution in [2.75, 3.05) is 17.6 Å². The van der Waals surface area contributed by atoms with E-state index in [0.717, 1.165) is 11.3 Å². The lowest BCUT2D eigenvalue weighted by atomic mass is 10.2. The number of aryl methyl sites for hydroxylation is 1. The minimum absolute atomic E-state index is 0.0153. The highest BCUT2D eigenvalue weighted by Gasteiger charge is 2.28. The Morgan fingerprint density at radius 3 is 2.67 bits per heavy atom. The second-order valence-electron chi connectivity index (χ2n) is 3.95. The fourth-order valence-electron chi connectivity index (χ4n) is 1.51. The first-order chi connectivity index (χ1) is 8.56. The van der Waals surface area contributed by atoms with Crippen LogP contribution in [0.15, 0.2) is 24.3 Å². The van der Waals surface area contributed by atoms with Crippen LogP contribution in [0.25, 0.3) is 0 Å². The number of nitrogens with one attached hydrogen (secondary N) is 1. The Hall–Kier alpha value is -1.40. The van der Waals surface area contributed by atoms with E-state index in [0.29, 0.717) is 10.1 Å². The van der Waals surface area contributed by atoms with Crippen molar-refractivity contribution in [3.05, 3.63) is 29.8 Å². The van der Waals surface area contributed by atoms with Crippen LogP contribution in [0.5, 0.6) is 0 Å². The summed E-state index contributed by atoms with van der Waals surface area (Å²) in [5.74, 6) is -0.0162. The van der Waals surface area contributed by atoms with Gasteiger partial charge in [0.05, 0.1) is 5.75 Å². The molecule has 1 aromatic rings. The number of carbonyl (C=O) groups is 2. The number of thioether (sulfide) groups is 1. The first-order valence-corrected chi connectivity index (χ1v) is 6.79. The van der Waals surface area contributed by atoms with E-state index in [-0.39, 0.29) is 18.4 Å². The molecule has 0 spiro atoms. The fourth-order valence-corrected chi connectivity index (χ4v) is 2.58. The van der Waals surface area contributed by atoms with Crippen molar-refractivity contribution in [3.8, 4) is 0 Å². The molecule has 1 aliphatic rings. The van der Waals surface area contributed by atoms with Crippen LogP contribution in [0.2, 0.25) is 0 Å². The summed E-state index contributed by atoms with van der Waals surface area (Å²) in [6.45, 7) is 1.96. The largest absolute Gasteiger partial charge is 0.325 e. The predicted octanol–water partition coefficient (Wildman–Crippen LogP) is 1.79. The molecule has 1 heterocycles. The average molecular weight is 280 g/mol. The Labute approximate surface area is 115 Å². The van der Waals surface area contributed by atoms with E-state index in [1.165, 1.54) is 16.7 Å². The summed E-state index contributed by atoms with van der Waals surface area (Å²) in [4.78, 5) is 24.6. The smallest absolute Gasteiger partial charge is 0.244 e. The first kappa shape index (κ1) is 13.0. The Kier molecular flexibility index (Phi) is 3.98. The van der Waals surface area contributed by atoms with Gasteiger partial charge in [0.2, 0.25) is 11.8 Å². The van der Waals surface area contributed by atoms with Gasteiger partial charge in [-0.3, -0.25) is 14.5 Å².